The average Bonchev–Trinajstić information content (AvgIpc) is 2.49. The highest BCUT2D eigenvalue weighted by Crippen LogP contribution is 2.32. The lowest BCUT2D eigenvalue weighted by atomic mass is 9.79. The highest BCUT2D eigenvalue weighted by atomic mass is 16.5. The lowest BCUT2D eigenvalue weighted by Gasteiger charge is -2.36. The Labute approximate surface area is 122 Å². The monoisotopic (exact) mass is 277 g/mol. The summed E-state index contributed by atoms with van der Waals surface area (Å²) in [5.74, 6) is 0.888. The molecule has 1 fully saturated rings. The van der Waals surface area contributed by atoms with Crippen LogP contribution >= 0.6 is 0 Å². The number of aliphatic hydroxyl groups is 1. The van der Waals surface area contributed by atoms with Crippen LogP contribution < -0.4 is 10.1 Å². The second-order valence-electron chi connectivity index (χ2n) is 5.90. The molecule has 0 aromatic heterocycles. The first kappa shape index (κ1) is 15.3. The van der Waals surface area contributed by atoms with Gasteiger partial charge in [-0.15, -0.1) is 0 Å². The predicted octanol–water partition coefficient (Wildman–Crippen LogP) is 2.91. The van der Waals surface area contributed by atoms with Crippen LogP contribution in [0.5, 0.6) is 5.75 Å². The molecule has 0 bridgehead atoms. The molecule has 2 N–H and O–H groups in total. The minimum absolute atomic E-state index is 0.466. The third kappa shape index (κ3) is 4.22. The summed E-state index contributed by atoms with van der Waals surface area (Å²) < 4.78 is 5.16. The van der Waals surface area contributed by atoms with Crippen LogP contribution in [-0.2, 0) is 6.42 Å². The van der Waals surface area contributed by atoms with E-state index in [0.29, 0.717) is 6.04 Å². The lowest BCUT2D eigenvalue weighted by molar-refractivity contribution is -0.0105. The van der Waals surface area contributed by atoms with Gasteiger partial charge in [-0.2, -0.15) is 0 Å². The first-order valence-electron chi connectivity index (χ1n) is 7.74. The van der Waals surface area contributed by atoms with Gasteiger partial charge in [-0.05, 0) is 62.8 Å². The number of hydrogen-bond donors (Lipinski definition) is 2. The topological polar surface area (TPSA) is 41.5 Å². The van der Waals surface area contributed by atoms with Gasteiger partial charge in [0.15, 0.2) is 0 Å². The summed E-state index contributed by atoms with van der Waals surface area (Å²) in [6, 6.07) is 8.75. The Balaban J connectivity index is 1.80. The molecular formula is C17H27NO2. The summed E-state index contributed by atoms with van der Waals surface area (Å²) in [4.78, 5) is 0. The molecule has 1 aromatic carbocycles. The van der Waals surface area contributed by atoms with Crippen LogP contribution in [0.1, 0.15) is 44.6 Å². The first-order valence-corrected chi connectivity index (χ1v) is 7.74. The maximum Gasteiger partial charge on any atom is 0.118 e. The standard InChI is InChI=1S/C17H27NO2/c1-3-18-15-9-12-17(19,13-10-15)11-8-14-4-6-16(20-2)7-5-14/h4-7,15,18-19H,3,8-13H2,1-2H3. The van der Waals surface area contributed by atoms with Gasteiger partial charge in [0.2, 0.25) is 0 Å². The molecule has 0 amide bonds. The van der Waals surface area contributed by atoms with Crippen LogP contribution in [0.3, 0.4) is 0 Å². The highest BCUT2D eigenvalue weighted by Gasteiger charge is 2.32. The molecule has 1 aromatic rings. The Bertz CT molecular complexity index is 394. The van der Waals surface area contributed by atoms with Crippen LogP contribution in [0.15, 0.2) is 24.3 Å². The molecule has 112 valence electrons. The number of ether oxygens (including phenoxy) is 1. The molecule has 1 aliphatic carbocycles. The van der Waals surface area contributed by atoms with Crippen LogP contribution in [0.2, 0.25) is 0 Å². The molecule has 0 radical (unpaired) electrons. The van der Waals surface area contributed by atoms with E-state index >= 15 is 0 Å². The number of hydrogen-bond acceptors (Lipinski definition) is 3. The van der Waals surface area contributed by atoms with Crippen molar-refractivity contribution in [3.05, 3.63) is 29.8 Å². The van der Waals surface area contributed by atoms with Gasteiger partial charge < -0.3 is 15.2 Å². The van der Waals surface area contributed by atoms with Crippen molar-refractivity contribution in [2.24, 2.45) is 0 Å². The van der Waals surface area contributed by atoms with E-state index in [-0.39, 0.29) is 0 Å². The Morgan fingerprint density at radius 3 is 2.45 bits per heavy atom. The molecule has 1 aliphatic rings. The Kier molecular flexibility index (Phi) is 5.44. The maximum absolute atomic E-state index is 10.7. The van der Waals surface area contributed by atoms with E-state index in [1.165, 1.54) is 5.56 Å². The maximum atomic E-state index is 10.7. The summed E-state index contributed by atoms with van der Waals surface area (Å²) >= 11 is 0. The van der Waals surface area contributed by atoms with E-state index in [1.54, 1.807) is 7.11 Å². The number of nitrogens with one attached hydrogen (secondary N) is 1. The number of rotatable bonds is 6. The van der Waals surface area contributed by atoms with E-state index < -0.39 is 5.60 Å². The molecule has 0 aliphatic heterocycles. The molecule has 0 saturated heterocycles. The predicted molar refractivity (Wildman–Crippen MR) is 82.2 cm³/mol. The number of methoxy groups -OCH3 is 1. The summed E-state index contributed by atoms with van der Waals surface area (Å²) in [5.41, 5.74) is 0.805. The van der Waals surface area contributed by atoms with Gasteiger partial charge >= 0.3 is 0 Å². The lowest BCUT2D eigenvalue weighted by Crippen LogP contribution is -2.41. The summed E-state index contributed by atoms with van der Waals surface area (Å²) in [6.45, 7) is 3.17. The molecule has 3 nitrogen and oxygen atoms in total. The molecule has 0 spiro atoms. The quantitative estimate of drug-likeness (QED) is 0.840. The van der Waals surface area contributed by atoms with Crippen molar-refractivity contribution in [3.63, 3.8) is 0 Å². The smallest absolute Gasteiger partial charge is 0.118 e. The molecule has 3 heteroatoms. The van der Waals surface area contributed by atoms with Gasteiger partial charge in [-0.1, -0.05) is 19.1 Å². The van der Waals surface area contributed by atoms with E-state index in [2.05, 4.69) is 24.4 Å². The van der Waals surface area contributed by atoms with Crippen molar-refractivity contribution < 1.29 is 9.84 Å². The van der Waals surface area contributed by atoms with E-state index in [9.17, 15) is 5.11 Å². The zero-order valence-corrected chi connectivity index (χ0v) is 12.7. The first-order chi connectivity index (χ1) is 9.65. The minimum Gasteiger partial charge on any atom is -0.497 e. The molecule has 2 rings (SSSR count). The molecule has 0 atom stereocenters. The molecule has 0 heterocycles. The Morgan fingerprint density at radius 2 is 1.90 bits per heavy atom. The Hall–Kier alpha value is -1.06. The Morgan fingerprint density at radius 1 is 1.25 bits per heavy atom. The number of benzene rings is 1. The molecule has 0 unspecified atom stereocenters. The highest BCUT2D eigenvalue weighted by molar-refractivity contribution is 5.27. The van der Waals surface area contributed by atoms with Gasteiger partial charge in [0, 0.05) is 6.04 Å². The van der Waals surface area contributed by atoms with E-state index in [0.717, 1.165) is 50.8 Å². The molecular weight excluding hydrogens is 250 g/mol. The largest absolute Gasteiger partial charge is 0.497 e. The van der Waals surface area contributed by atoms with Gasteiger partial charge in [0.1, 0.15) is 5.75 Å². The van der Waals surface area contributed by atoms with Gasteiger partial charge in [-0.25, -0.2) is 0 Å². The van der Waals surface area contributed by atoms with Gasteiger partial charge in [0.25, 0.3) is 0 Å². The zero-order chi connectivity index (χ0) is 14.4. The van der Waals surface area contributed by atoms with Crippen molar-refractivity contribution in [2.75, 3.05) is 13.7 Å². The fourth-order valence-corrected chi connectivity index (χ4v) is 3.07. The van der Waals surface area contributed by atoms with E-state index in [4.69, 9.17) is 4.74 Å². The fraction of sp³-hybridized carbons (Fsp3) is 0.647. The van der Waals surface area contributed by atoms with Gasteiger partial charge in [-0.3, -0.25) is 0 Å². The normalized spacial score (nSPS) is 26.4. The van der Waals surface area contributed by atoms with Crippen molar-refractivity contribution in [2.45, 2.75) is 57.1 Å². The van der Waals surface area contributed by atoms with Crippen molar-refractivity contribution in [3.8, 4) is 5.75 Å². The summed E-state index contributed by atoms with van der Waals surface area (Å²) in [6.07, 6.45) is 5.81. The third-order valence-electron chi connectivity index (χ3n) is 4.45. The average molecular weight is 277 g/mol. The number of aryl methyl sites for hydroxylation is 1. The molecule has 1 saturated carbocycles. The summed E-state index contributed by atoms with van der Waals surface area (Å²) in [7, 11) is 1.68. The third-order valence-corrected chi connectivity index (χ3v) is 4.45. The van der Waals surface area contributed by atoms with Crippen LogP contribution in [0.4, 0.5) is 0 Å². The van der Waals surface area contributed by atoms with E-state index in [1.807, 2.05) is 12.1 Å². The second-order valence-corrected chi connectivity index (χ2v) is 5.90. The summed E-state index contributed by atoms with van der Waals surface area (Å²) in [5, 5.41) is 14.2. The van der Waals surface area contributed by atoms with Crippen LogP contribution in [-0.4, -0.2) is 30.4 Å². The second kappa shape index (κ2) is 7.09. The molecule has 20 heavy (non-hydrogen) atoms. The van der Waals surface area contributed by atoms with Crippen LogP contribution in [0, 0.1) is 0 Å². The SMILES string of the molecule is CCNC1CCC(O)(CCc2ccc(OC)cc2)CC1. The van der Waals surface area contributed by atoms with Crippen molar-refractivity contribution in [1.29, 1.82) is 0 Å². The van der Waals surface area contributed by atoms with Crippen molar-refractivity contribution >= 4 is 0 Å². The fourth-order valence-electron chi connectivity index (χ4n) is 3.07. The van der Waals surface area contributed by atoms with Gasteiger partial charge in [0.05, 0.1) is 12.7 Å². The van der Waals surface area contributed by atoms with Crippen molar-refractivity contribution in [1.82, 2.24) is 5.32 Å². The van der Waals surface area contributed by atoms with Crippen LogP contribution in [0.25, 0.3) is 0 Å². The minimum atomic E-state index is -0.466. The zero-order valence-electron chi connectivity index (χ0n) is 12.7.